The van der Waals surface area contributed by atoms with Gasteiger partial charge in [-0.15, -0.1) is 0 Å². The third kappa shape index (κ3) is 3.52. The van der Waals surface area contributed by atoms with Gasteiger partial charge in [0.2, 0.25) is 0 Å². The molecule has 0 bridgehead atoms. The van der Waals surface area contributed by atoms with Crippen LogP contribution in [0.15, 0.2) is 71.9 Å². The van der Waals surface area contributed by atoms with E-state index < -0.39 is 0 Å². The Morgan fingerprint density at radius 3 is 2.37 bits per heavy atom. The number of halogens is 1. The highest BCUT2D eigenvalue weighted by atomic mass is 79.9. The van der Waals surface area contributed by atoms with Crippen LogP contribution in [0.3, 0.4) is 0 Å². The summed E-state index contributed by atoms with van der Waals surface area (Å²) in [6.07, 6.45) is 4.67. The van der Waals surface area contributed by atoms with E-state index in [4.69, 9.17) is 0 Å². The highest BCUT2D eigenvalue weighted by Crippen LogP contribution is 2.19. The standard InChI is InChI=1S/C19H15BrN6O/c1-13-18(10-22-26(13)17-6-2-14(20)3-7-17)19(27)24-15-4-8-16(9-5-15)25-12-21-11-23-25/h2-12H,1H3,(H,24,27). The van der Waals surface area contributed by atoms with E-state index in [1.165, 1.54) is 6.33 Å². The molecule has 4 aromatic rings. The maximum absolute atomic E-state index is 12.6. The number of anilines is 1. The van der Waals surface area contributed by atoms with Crippen LogP contribution in [0.2, 0.25) is 0 Å². The van der Waals surface area contributed by atoms with Crippen molar-refractivity contribution in [1.29, 1.82) is 0 Å². The molecule has 7 nitrogen and oxygen atoms in total. The molecule has 0 fully saturated rings. The lowest BCUT2D eigenvalue weighted by atomic mass is 10.2. The molecular formula is C19H15BrN6O. The fourth-order valence-electron chi connectivity index (χ4n) is 2.71. The summed E-state index contributed by atoms with van der Waals surface area (Å²) in [6, 6.07) is 15.1. The Morgan fingerprint density at radius 1 is 1.00 bits per heavy atom. The second-order valence-electron chi connectivity index (χ2n) is 5.87. The zero-order valence-electron chi connectivity index (χ0n) is 14.4. The average Bonchev–Trinajstić information content (AvgIpc) is 3.33. The predicted molar refractivity (Wildman–Crippen MR) is 105 cm³/mol. The number of aromatic nitrogens is 5. The molecule has 0 atom stereocenters. The fraction of sp³-hybridized carbons (Fsp3) is 0.0526. The van der Waals surface area contributed by atoms with E-state index in [-0.39, 0.29) is 5.91 Å². The normalized spacial score (nSPS) is 10.7. The van der Waals surface area contributed by atoms with Gasteiger partial charge in [0.25, 0.3) is 5.91 Å². The molecule has 1 amide bonds. The highest BCUT2D eigenvalue weighted by Gasteiger charge is 2.15. The number of nitrogens with zero attached hydrogens (tertiary/aromatic N) is 5. The zero-order chi connectivity index (χ0) is 18.8. The Balaban J connectivity index is 1.52. The van der Waals surface area contributed by atoms with Crippen LogP contribution in [0.4, 0.5) is 5.69 Å². The minimum atomic E-state index is -0.204. The predicted octanol–water partition coefficient (Wildman–Crippen LogP) is 3.78. The lowest BCUT2D eigenvalue weighted by molar-refractivity contribution is 0.102. The second kappa shape index (κ2) is 7.16. The van der Waals surface area contributed by atoms with Crippen LogP contribution < -0.4 is 5.32 Å². The molecule has 0 aliphatic carbocycles. The highest BCUT2D eigenvalue weighted by molar-refractivity contribution is 9.10. The van der Waals surface area contributed by atoms with Gasteiger partial charge in [-0.1, -0.05) is 15.9 Å². The number of amides is 1. The summed E-state index contributed by atoms with van der Waals surface area (Å²) in [7, 11) is 0. The van der Waals surface area contributed by atoms with E-state index >= 15 is 0 Å². The van der Waals surface area contributed by atoms with Gasteiger partial charge in [0, 0.05) is 10.2 Å². The van der Waals surface area contributed by atoms with Crippen molar-refractivity contribution in [3.8, 4) is 11.4 Å². The van der Waals surface area contributed by atoms with Gasteiger partial charge in [0.15, 0.2) is 0 Å². The zero-order valence-corrected chi connectivity index (χ0v) is 16.0. The van der Waals surface area contributed by atoms with Crippen molar-refractivity contribution in [2.75, 3.05) is 5.32 Å². The van der Waals surface area contributed by atoms with Crippen LogP contribution in [-0.2, 0) is 0 Å². The topological polar surface area (TPSA) is 77.6 Å². The maximum Gasteiger partial charge on any atom is 0.259 e. The van der Waals surface area contributed by atoms with Gasteiger partial charge in [-0.05, 0) is 55.5 Å². The van der Waals surface area contributed by atoms with Crippen LogP contribution in [-0.4, -0.2) is 30.5 Å². The lowest BCUT2D eigenvalue weighted by Gasteiger charge is -2.08. The lowest BCUT2D eigenvalue weighted by Crippen LogP contribution is -2.13. The molecule has 0 aliphatic rings. The van der Waals surface area contributed by atoms with Gasteiger partial charge in [-0.25, -0.2) is 14.3 Å². The maximum atomic E-state index is 12.6. The van der Waals surface area contributed by atoms with Crippen molar-refractivity contribution in [2.24, 2.45) is 0 Å². The van der Waals surface area contributed by atoms with Gasteiger partial charge in [0.1, 0.15) is 12.7 Å². The fourth-order valence-corrected chi connectivity index (χ4v) is 2.98. The Bertz CT molecular complexity index is 1070. The smallest absolute Gasteiger partial charge is 0.259 e. The Morgan fingerprint density at radius 2 is 1.70 bits per heavy atom. The molecule has 0 unspecified atom stereocenters. The quantitative estimate of drug-likeness (QED) is 0.542. The number of nitrogens with one attached hydrogen (secondary N) is 1. The van der Waals surface area contributed by atoms with Gasteiger partial charge in [-0.3, -0.25) is 4.79 Å². The van der Waals surface area contributed by atoms with Crippen LogP contribution in [0.5, 0.6) is 0 Å². The summed E-state index contributed by atoms with van der Waals surface area (Å²) < 4.78 is 4.39. The summed E-state index contributed by atoms with van der Waals surface area (Å²) in [4.78, 5) is 16.6. The first-order valence-corrected chi connectivity index (χ1v) is 8.98. The first-order valence-electron chi connectivity index (χ1n) is 8.19. The molecular weight excluding hydrogens is 408 g/mol. The molecule has 0 spiro atoms. The molecule has 8 heteroatoms. The summed E-state index contributed by atoms with van der Waals surface area (Å²) in [5, 5.41) is 11.3. The minimum absolute atomic E-state index is 0.204. The average molecular weight is 423 g/mol. The molecule has 134 valence electrons. The molecule has 0 radical (unpaired) electrons. The van der Waals surface area contributed by atoms with Crippen LogP contribution in [0, 0.1) is 6.92 Å². The van der Waals surface area contributed by atoms with Crippen molar-refractivity contribution in [1.82, 2.24) is 24.5 Å². The SMILES string of the molecule is Cc1c(C(=O)Nc2ccc(-n3cncn3)cc2)cnn1-c1ccc(Br)cc1. The summed E-state index contributed by atoms with van der Waals surface area (Å²) in [5.41, 5.74) is 3.75. The van der Waals surface area contributed by atoms with Crippen LogP contribution in [0.25, 0.3) is 11.4 Å². The van der Waals surface area contributed by atoms with Gasteiger partial charge in [-0.2, -0.15) is 10.2 Å². The van der Waals surface area contributed by atoms with Crippen molar-refractivity contribution in [2.45, 2.75) is 6.92 Å². The molecule has 0 aliphatic heterocycles. The van der Waals surface area contributed by atoms with E-state index in [1.54, 1.807) is 21.9 Å². The first-order chi connectivity index (χ1) is 13.1. The Hall–Kier alpha value is -3.26. The number of hydrogen-bond donors (Lipinski definition) is 1. The van der Waals surface area contributed by atoms with Gasteiger partial charge < -0.3 is 5.32 Å². The van der Waals surface area contributed by atoms with Crippen LogP contribution in [0.1, 0.15) is 16.1 Å². The molecule has 2 aromatic carbocycles. The summed E-state index contributed by atoms with van der Waals surface area (Å²) >= 11 is 3.42. The molecule has 27 heavy (non-hydrogen) atoms. The third-order valence-electron chi connectivity index (χ3n) is 4.13. The number of carbonyl (C=O) groups is 1. The van der Waals surface area contributed by atoms with Crippen molar-refractivity contribution in [3.05, 3.63) is 83.1 Å². The number of carbonyl (C=O) groups excluding carboxylic acids is 1. The van der Waals surface area contributed by atoms with E-state index in [1.807, 2.05) is 55.5 Å². The summed E-state index contributed by atoms with van der Waals surface area (Å²) in [6.45, 7) is 1.87. The molecule has 4 rings (SSSR count). The van der Waals surface area contributed by atoms with E-state index in [0.29, 0.717) is 11.3 Å². The Labute approximate surface area is 163 Å². The van der Waals surface area contributed by atoms with E-state index in [0.717, 1.165) is 21.5 Å². The third-order valence-corrected chi connectivity index (χ3v) is 4.66. The summed E-state index contributed by atoms with van der Waals surface area (Å²) in [5.74, 6) is -0.204. The van der Waals surface area contributed by atoms with Gasteiger partial charge in [0.05, 0.1) is 28.8 Å². The number of hydrogen-bond acceptors (Lipinski definition) is 4. The number of rotatable bonds is 4. The first kappa shape index (κ1) is 17.2. The van der Waals surface area contributed by atoms with Crippen molar-refractivity contribution >= 4 is 27.5 Å². The van der Waals surface area contributed by atoms with E-state index in [2.05, 4.69) is 36.4 Å². The molecule has 0 saturated carbocycles. The van der Waals surface area contributed by atoms with Crippen molar-refractivity contribution < 1.29 is 4.79 Å². The van der Waals surface area contributed by atoms with Gasteiger partial charge >= 0.3 is 0 Å². The van der Waals surface area contributed by atoms with Crippen molar-refractivity contribution in [3.63, 3.8) is 0 Å². The molecule has 0 saturated heterocycles. The number of benzene rings is 2. The Kier molecular flexibility index (Phi) is 4.55. The minimum Gasteiger partial charge on any atom is -0.322 e. The second-order valence-corrected chi connectivity index (χ2v) is 6.79. The van der Waals surface area contributed by atoms with Crippen LogP contribution >= 0.6 is 15.9 Å². The largest absolute Gasteiger partial charge is 0.322 e. The molecule has 2 aromatic heterocycles. The molecule has 1 N–H and O–H groups in total. The molecule has 2 heterocycles. The monoisotopic (exact) mass is 422 g/mol. The van der Waals surface area contributed by atoms with E-state index in [9.17, 15) is 4.79 Å².